The van der Waals surface area contributed by atoms with Crippen molar-refractivity contribution < 1.29 is 4.74 Å². The molecule has 0 radical (unpaired) electrons. The molecule has 0 aromatic heterocycles. The van der Waals surface area contributed by atoms with Gasteiger partial charge in [0.15, 0.2) is 5.96 Å². The van der Waals surface area contributed by atoms with Crippen LogP contribution in [-0.2, 0) is 11.2 Å². The van der Waals surface area contributed by atoms with Gasteiger partial charge in [0.1, 0.15) is 0 Å². The van der Waals surface area contributed by atoms with E-state index in [2.05, 4.69) is 60.7 Å². The first-order chi connectivity index (χ1) is 11.3. The third-order valence-electron chi connectivity index (χ3n) is 3.68. The lowest BCUT2D eigenvalue weighted by Gasteiger charge is -2.16. The van der Waals surface area contributed by atoms with Gasteiger partial charge in [0.2, 0.25) is 0 Å². The molecule has 0 aliphatic carbocycles. The second kappa shape index (κ2) is 12.9. The van der Waals surface area contributed by atoms with Crippen molar-refractivity contribution in [1.82, 2.24) is 10.6 Å². The van der Waals surface area contributed by atoms with Crippen molar-refractivity contribution in [3.8, 4) is 0 Å². The van der Waals surface area contributed by atoms with Gasteiger partial charge in [0.05, 0.1) is 6.61 Å². The molecular weight excluding hydrogens is 286 g/mol. The van der Waals surface area contributed by atoms with Crippen LogP contribution in [0.3, 0.4) is 0 Å². The summed E-state index contributed by atoms with van der Waals surface area (Å²) in [6, 6.07) is 10.9. The average molecular weight is 319 g/mol. The lowest BCUT2D eigenvalue weighted by Crippen LogP contribution is -2.42. The normalized spacial score (nSPS) is 12.9. The van der Waals surface area contributed by atoms with Crippen LogP contribution in [0.5, 0.6) is 0 Å². The highest BCUT2D eigenvalue weighted by Gasteiger charge is 2.01. The van der Waals surface area contributed by atoms with Gasteiger partial charge in [-0.15, -0.1) is 0 Å². The van der Waals surface area contributed by atoms with Gasteiger partial charge in [-0.05, 0) is 45.1 Å². The molecule has 0 saturated carbocycles. The van der Waals surface area contributed by atoms with Gasteiger partial charge in [0.25, 0.3) is 0 Å². The fourth-order valence-electron chi connectivity index (χ4n) is 2.10. The number of benzene rings is 1. The predicted molar refractivity (Wildman–Crippen MR) is 99.1 cm³/mol. The van der Waals surface area contributed by atoms with Gasteiger partial charge >= 0.3 is 0 Å². The highest BCUT2D eigenvalue weighted by molar-refractivity contribution is 5.79. The Morgan fingerprint density at radius 2 is 1.91 bits per heavy atom. The Kier molecular flexibility index (Phi) is 11.0. The van der Waals surface area contributed by atoms with Crippen LogP contribution >= 0.6 is 0 Å². The Hall–Kier alpha value is -1.55. The van der Waals surface area contributed by atoms with Crippen LogP contribution in [0, 0.1) is 0 Å². The zero-order valence-corrected chi connectivity index (χ0v) is 15.0. The van der Waals surface area contributed by atoms with E-state index in [-0.39, 0.29) is 0 Å². The highest BCUT2D eigenvalue weighted by atomic mass is 16.5. The lowest BCUT2D eigenvalue weighted by atomic mass is 10.2. The molecule has 0 saturated heterocycles. The summed E-state index contributed by atoms with van der Waals surface area (Å²) >= 11 is 0. The molecule has 0 aliphatic heterocycles. The molecule has 0 amide bonds. The fraction of sp³-hybridized carbons (Fsp3) is 0.632. The first-order valence-electron chi connectivity index (χ1n) is 8.92. The number of unbranched alkanes of at least 4 members (excludes halogenated alkanes) is 1. The Balaban J connectivity index is 2.07. The van der Waals surface area contributed by atoms with E-state index < -0.39 is 0 Å². The van der Waals surface area contributed by atoms with Crippen LogP contribution < -0.4 is 10.6 Å². The maximum Gasteiger partial charge on any atom is 0.191 e. The zero-order chi connectivity index (χ0) is 16.8. The van der Waals surface area contributed by atoms with Crippen LogP contribution in [-0.4, -0.2) is 38.3 Å². The third-order valence-corrected chi connectivity index (χ3v) is 3.68. The molecule has 1 aromatic carbocycles. The van der Waals surface area contributed by atoms with Crippen molar-refractivity contribution in [3.63, 3.8) is 0 Å². The predicted octanol–water partition coefficient (Wildman–Crippen LogP) is 3.38. The zero-order valence-electron chi connectivity index (χ0n) is 15.0. The van der Waals surface area contributed by atoms with Gasteiger partial charge in [0, 0.05) is 25.7 Å². The second-order valence-corrected chi connectivity index (χ2v) is 5.77. The van der Waals surface area contributed by atoms with Crippen LogP contribution in [0.4, 0.5) is 0 Å². The molecule has 0 aliphatic rings. The van der Waals surface area contributed by atoms with Crippen molar-refractivity contribution in [2.45, 2.75) is 52.5 Å². The summed E-state index contributed by atoms with van der Waals surface area (Å²) in [4.78, 5) is 4.61. The molecule has 4 nitrogen and oxygen atoms in total. The Labute approximate surface area is 141 Å². The van der Waals surface area contributed by atoms with Crippen LogP contribution in [0.15, 0.2) is 35.3 Å². The molecule has 130 valence electrons. The molecule has 1 aromatic rings. The summed E-state index contributed by atoms with van der Waals surface area (Å²) in [7, 11) is 0. The molecule has 1 unspecified atom stereocenters. The largest absolute Gasteiger partial charge is 0.381 e. The van der Waals surface area contributed by atoms with Crippen molar-refractivity contribution in [2.75, 3.05) is 26.3 Å². The number of rotatable bonds is 11. The summed E-state index contributed by atoms with van der Waals surface area (Å²) in [5.41, 5.74) is 1.34. The van der Waals surface area contributed by atoms with Gasteiger partial charge in [-0.25, -0.2) is 0 Å². The number of hydrogen-bond acceptors (Lipinski definition) is 2. The van der Waals surface area contributed by atoms with Crippen molar-refractivity contribution >= 4 is 5.96 Å². The molecule has 1 rings (SSSR count). The third kappa shape index (κ3) is 9.95. The molecule has 0 fully saturated rings. The fourth-order valence-corrected chi connectivity index (χ4v) is 2.10. The summed E-state index contributed by atoms with van der Waals surface area (Å²) in [5.74, 6) is 0.923. The standard InChI is InChI=1S/C19H33N3O/c1-4-17(3)22-19(20-5-2)21-14-9-10-15-23-16-13-18-11-7-6-8-12-18/h6-8,11-12,17H,4-5,9-10,13-16H2,1-3H3,(H2,20,21,22). The Morgan fingerprint density at radius 3 is 2.61 bits per heavy atom. The smallest absolute Gasteiger partial charge is 0.191 e. The minimum Gasteiger partial charge on any atom is -0.381 e. The van der Waals surface area contributed by atoms with Gasteiger partial charge < -0.3 is 15.4 Å². The van der Waals surface area contributed by atoms with E-state index in [0.717, 1.165) is 57.9 Å². The van der Waals surface area contributed by atoms with Crippen molar-refractivity contribution in [1.29, 1.82) is 0 Å². The number of nitrogens with zero attached hydrogens (tertiary/aromatic N) is 1. The SMILES string of the molecule is CCNC(=NCCCCOCCc1ccccc1)NC(C)CC. The molecule has 1 atom stereocenters. The summed E-state index contributed by atoms with van der Waals surface area (Å²) in [6.07, 6.45) is 4.20. The van der Waals surface area contributed by atoms with E-state index in [1.165, 1.54) is 5.56 Å². The van der Waals surface area contributed by atoms with Gasteiger partial charge in [-0.2, -0.15) is 0 Å². The van der Waals surface area contributed by atoms with E-state index in [0.29, 0.717) is 6.04 Å². The molecule has 0 bridgehead atoms. The molecule has 23 heavy (non-hydrogen) atoms. The highest BCUT2D eigenvalue weighted by Crippen LogP contribution is 2.00. The maximum absolute atomic E-state index is 5.69. The van der Waals surface area contributed by atoms with Crippen molar-refractivity contribution in [2.24, 2.45) is 4.99 Å². The number of aliphatic imine (C=N–C) groups is 1. The van der Waals surface area contributed by atoms with E-state index >= 15 is 0 Å². The average Bonchev–Trinajstić information content (AvgIpc) is 2.58. The minimum atomic E-state index is 0.453. The molecular formula is C19H33N3O. The molecule has 0 heterocycles. The lowest BCUT2D eigenvalue weighted by molar-refractivity contribution is 0.134. The van der Waals surface area contributed by atoms with E-state index in [1.54, 1.807) is 0 Å². The van der Waals surface area contributed by atoms with E-state index in [1.807, 2.05) is 6.07 Å². The van der Waals surface area contributed by atoms with E-state index in [4.69, 9.17) is 4.74 Å². The quantitative estimate of drug-likeness (QED) is 0.373. The maximum atomic E-state index is 5.69. The number of hydrogen-bond donors (Lipinski definition) is 2. The second-order valence-electron chi connectivity index (χ2n) is 5.77. The molecule has 0 spiro atoms. The Morgan fingerprint density at radius 1 is 1.13 bits per heavy atom. The van der Waals surface area contributed by atoms with Gasteiger partial charge in [-0.3, -0.25) is 4.99 Å². The molecule has 2 N–H and O–H groups in total. The number of guanidine groups is 1. The number of nitrogens with one attached hydrogen (secondary N) is 2. The Bertz CT molecular complexity index is 420. The molecule has 4 heteroatoms. The summed E-state index contributed by atoms with van der Waals surface area (Å²) < 4.78 is 5.69. The van der Waals surface area contributed by atoms with Crippen LogP contribution in [0.2, 0.25) is 0 Å². The summed E-state index contributed by atoms with van der Waals surface area (Å²) in [6.45, 7) is 9.79. The van der Waals surface area contributed by atoms with Crippen LogP contribution in [0.1, 0.15) is 45.6 Å². The number of ether oxygens (including phenoxy) is 1. The first-order valence-corrected chi connectivity index (χ1v) is 8.92. The first kappa shape index (κ1) is 19.5. The van der Waals surface area contributed by atoms with E-state index in [9.17, 15) is 0 Å². The topological polar surface area (TPSA) is 45.7 Å². The van der Waals surface area contributed by atoms with Crippen LogP contribution in [0.25, 0.3) is 0 Å². The van der Waals surface area contributed by atoms with Crippen molar-refractivity contribution in [3.05, 3.63) is 35.9 Å². The minimum absolute atomic E-state index is 0.453. The summed E-state index contributed by atoms with van der Waals surface area (Å²) in [5, 5.41) is 6.69. The monoisotopic (exact) mass is 319 g/mol. The van der Waals surface area contributed by atoms with Gasteiger partial charge in [-0.1, -0.05) is 37.3 Å².